The molecule has 0 amide bonds. The zero-order valence-electron chi connectivity index (χ0n) is 8.03. The molecule has 0 aromatic heterocycles. The van der Waals surface area contributed by atoms with Gasteiger partial charge >= 0.3 is 0 Å². The highest BCUT2D eigenvalue weighted by atomic mass is 16.5. The fourth-order valence-electron chi connectivity index (χ4n) is 1.45. The van der Waals surface area contributed by atoms with Gasteiger partial charge in [-0.1, -0.05) is 12.1 Å². The van der Waals surface area contributed by atoms with E-state index in [-0.39, 0.29) is 0 Å². The molecule has 1 aromatic carbocycles. The lowest BCUT2D eigenvalue weighted by Gasteiger charge is -2.21. The van der Waals surface area contributed by atoms with Gasteiger partial charge in [-0.25, -0.2) is 0 Å². The van der Waals surface area contributed by atoms with Crippen LogP contribution in [0, 0.1) is 0 Å². The third-order valence-electron chi connectivity index (χ3n) is 2.13. The van der Waals surface area contributed by atoms with E-state index in [0.717, 1.165) is 18.0 Å². The molecule has 0 spiro atoms. The summed E-state index contributed by atoms with van der Waals surface area (Å²) in [4.78, 5) is 0. The third kappa shape index (κ3) is 1.46. The Labute approximate surface area is 82.9 Å². The number of hydrogen-bond acceptors (Lipinski definition) is 4. The van der Waals surface area contributed by atoms with Crippen LogP contribution < -0.4 is 20.9 Å². The van der Waals surface area contributed by atoms with Crippen molar-refractivity contribution in [3.05, 3.63) is 36.2 Å². The average molecular weight is 191 g/mol. The van der Waals surface area contributed by atoms with E-state index >= 15 is 0 Å². The lowest BCUT2D eigenvalue weighted by molar-refractivity contribution is 0.414. The predicted molar refractivity (Wildman–Crippen MR) is 55.7 cm³/mol. The van der Waals surface area contributed by atoms with Crippen LogP contribution in [0.5, 0.6) is 5.75 Å². The normalized spacial score (nSPS) is 14.9. The molecule has 0 atom stereocenters. The SMILES string of the molecule is COc1ccccc1N1CC=C(N)N1. The van der Waals surface area contributed by atoms with Crippen LogP contribution >= 0.6 is 0 Å². The standard InChI is InChI=1S/C10H13N3O/c1-14-9-5-3-2-4-8(9)13-7-6-10(11)12-13/h2-6,12H,7,11H2,1H3. The van der Waals surface area contributed by atoms with E-state index < -0.39 is 0 Å². The van der Waals surface area contributed by atoms with Crippen molar-refractivity contribution >= 4 is 5.69 Å². The largest absolute Gasteiger partial charge is 0.495 e. The van der Waals surface area contributed by atoms with Crippen LogP contribution in [0.4, 0.5) is 5.69 Å². The molecule has 1 aliphatic heterocycles. The summed E-state index contributed by atoms with van der Waals surface area (Å²) in [6.45, 7) is 0.756. The summed E-state index contributed by atoms with van der Waals surface area (Å²) in [5.74, 6) is 1.51. The number of anilines is 1. The van der Waals surface area contributed by atoms with Crippen molar-refractivity contribution in [1.29, 1.82) is 0 Å². The number of para-hydroxylation sites is 2. The molecule has 1 aromatic rings. The highest BCUT2D eigenvalue weighted by Crippen LogP contribution is 2.27. The minimum Gasteiger partial charge on any atom is -0.495 e. The second-order valence-corrected chi connectivity index (χ2v) is 3.05. The topological polar surface area (TPSA) is 50.5 Å². The van der Waals surface area contributed by atoms with Crippen molar-refractivity contribution in [2.24, 2.45) is 5.73 Å². The van der Waals surface area contributed by atoms with Crippen molar-refractivity contribution in [3.8, 4) is 5.75 Å². The van der Waals surface area contributed by atoms with Gasteiger partial charge in [0.2, 0.25) is 0 Å². The van der Waals surface area contributed by atoms with Crippen molar-refractivity contribution in [2.75, 3.05) is 18.7 Å². The number of methoxy groups -OCH3 is 1. The van der Waals surface area contributed by atoms with E-state index in [4.69, 9.17) is 10.5 Å². The van der Waals surface area contributed by atoms with Crippen molar-refractivity contribution in [3.63, 3.8) is 0 Å². The quantitative estimate of drug-likeness (QED) is 0.726. The van der Waals surface area contributed by atoms with Crippen molar-refractivity contribution in [2.45, 2.75) is 0 Å². The zero-order chi connectivity index (χ0) is 9.97. The van der Waals surface area contributed by atoms with Crippen LogP contribution in [-0.4, -0.2) is 13.7 Å². The summed E-state index contributed by atoms with van der Waals surface area (Å²) in [7, 11) is 1.66. The summed E-state index contributed by atoms with van der Waals surface area (Å²) in [6, 6.07) is 7.81. The molecule has 0 fully saturated rings. The van der Waals surface area contributed by atoms with Crippen LogP contribution in [-0.2, 0) is 0 Å². The molecular weight excluding hydrogens is 178 g/mol. The van der Waals surface area contributed by atoms with Crippen LogP contribution in [0.3, 0.4) is 0 Å². The van der Waals surface area contributed by atoms with Crippen LogP contribution in [0.1, 0.15) is 0 Å². The molecule has 1 heterocycles. The van der Waals surface area contributed by atoms with Gasteiger partial charge < -0.3 is 10.5 Å². The van der Waals surface area contributed by atoms with Gasteiger partial charge in [0.05, 0.1) is 19.3 Å². The van der Waals surface area contributed by atoms with E-state index in [1.807, 2.05) is 35.4 Å². The molecule has 1 aliphatic rings. The fourth-order valence-corrected chi connectivity index (χ4v) is 1.45. The summed E-state index contributed by atoms with van der Waals surface area (Å²) >= 11 is 0. The summed E-state index contributed by atoms with van der Waals surface area (Å²) in [6.07, 6.45) is 1.92. The van der Waals surface area contributed by atoms with Gasteiger partial charge in [0.1, 0.15) is 11.6 Å². The monoisotopic (exact) mass is 191 g/mol. The Morgan fingerprint density at radius 3 is 2.86 bits per heavy atom. The first-order valence-corrected chi connectivity index (χ1v) is 4.44. The molecule has 0 unspecified atom stereocenters. The highest BCUT2D eigenvalue weighted by molar-refractivity contribution is 5.59. The predicted octanol–water partition coefficient (Wildman–Crippen LogP) is 0.820. The first kappa shape index (κ1) is 8.74. The van der Waals surface area contributed by atoms with Crippen molar-refractivity contribution in [1.82, 2.24) is 5.43 Å². The number of hydrazine groups is 1. The number of hydrogen-bond donors (Lipinski definition) is 2. The minimum absolute atomic E-state index is 0.677. The van der Waals surface area contributed by atoms with Crippen LogP contribution in [0.15, 0.2) is 36.2 Å². The van der Waals surface area contributed by atoms with E-state index in [9.17, 15) is 0 Å². The fraction of sp³-hybridized carbons (Fsp3) is 0.200. The third-order valence-corrected chi connectivity index (χ3v) is 2.13. The summed E-state index contributed by atoms with van der Waals surface area (Å²) < 4.78 is 5.25. The lowest BCUT2D eigenvalue weighted by Crippen LogP contribution is -2.34. The van der Waals surface area contributed by atoms with Gasteiger partial charge in [0, 0.05) is 0 Å². The Balaban J connectivity index is 2.24. The van der Waals surface area contributed by atoms with Crippen LogP contribution in [0.2, 0.25) is 0 Å². The highest BCUT2D eigenvalue weighted by Gasteiger charge is 2.14. The molecule has 0 saturated carbocycles. The minimum atomic E-state index is 0.677. The Hall–Kier alpha value is -1.84. The van der Waals surface area contributed by atoms with Gasteiger partial charge in [0.25, 0.3) is 0 Å². The van der Waals surface area contributed by atoms with Gasteiger partial charge in [-0.05, 0) is 18.2 Å². The number of ether oxygens (including phenoxy) is 1. The van der Waals surface area contributed by atoms with Crippen molar-refractivity contribution < 1.29 is 4.74 Å². The maximum atomic E-state index is 5.62. The second-order valence-electron chi connectivity index (χ2n) is 3.05. The Bertz CT molecular complexity index is 362. The molecule has 0 radical (unpaired) electrons. The Morgan fingerprint density at radius 1 is 1.43 bits per heavy atom. The maximum absolute atomic E-state index is 5.62. The summed E-state index contributed by atoms with van der Waals surface area (Å²) in [5, 5.41) is 1.94. The van der Waals surface area contributed by atoms with Gasteiger partial charge in [-0.3, -0.25) is 10.4 Å². The molecular formula is C10H13N3O. The van der Waals surface area contributed by atoms with E-state index in [1.165, 1.54) is 0 Å². The molecule has 14 heavy (non-hydrogen) atoms. The van der Waals surface area contributed by atoms with Gasteiger partial charge in [-0.15, -0.1) is 0 Å². The average Bonchev–Trinajstić information content (AvgIpc) is 2.65. The molecule has 0 bridgehead atoms. The van der Waals surface area contributed by atoms with Gasteiger partial charge in [-0.2, -0.15) is 0 Å². The second kappa shape index (κ2) is 3.49. The summed E-state index contributed by atoms with van der Waals surface area (Å²) in [5.41, 5.74) is 9.65. The lowest BCUT2D eigenvalue weighted by atomic mass is 10.3. The number of rotatable bonds is 2. The van der Waals surface area contributed by atoms with E-state index in [0.29, 0.717) is 5.82 Å². The number of benzene rings is 1. The maximum Gasteiger partial charge on any atom is 0.144 e. The van der Waals surface area contributed by atoms with Gasteiger partial charge in [0.15, 0.2) is 0 Å². The first-order chi connectivity index (χ1) is 6.81. The van der Waals surface area contributed by atoms with Crippen LogP contribution in [0.25, 0.3) is 0 Å². The molecule has 2 rings (SSSR count). The molecule has 0 aliphatic carbocycles. The molecule has 74 valence electrons. The number of nitrogens with zero attached hydrogens (tertiary/aromatic N) is 1. The molecule has 0 saturated heterocycles. The van der Waals surface area contributed by atoms with E-state index in [2.05, 4.69) is 5.43 Å². The van der Waals surface area contributed by atoms with E-state index in [1.54, 1.807) is 7.11 Å². The molecule has 4 nitrogen and oxygen atoms in total. The smallest absolute Gasteiger partial charge is 0.144 e. The molecule has 4 heteroatoms. The first-order valence-electron chi connectivity index (χ1n) is 4.44. The zero-order valence-corrected chi connectivity index (χ0v) is 8.03. The number of nitrogens with one attached hydrogen (secondary N) is 1. The molecule has 3 N–H and O–H groups in total. The Morgan fingerprint density at radius 2 is 2.21 bits per heavy atom. The Kier molecular flexibility index (Phi) is 2.18. The number of nitrogens with two attached hydrogens (primary N) is 1.